The molecule has 0 saturated carbocycles. The van der Waals surface area contributed by atoms with Gasteiger partial charge in [0, 0.05) is 19.0 Å². The van der Waals surface area contributed by atoms with Crippen LogP contribution in [-0.2, 0) is 32.5 Å². The Morgan fingerprint density at radius 2 is 1.71 bits per heavy atom. The van der Waals surface area contributed by atoms with Crippen molar-refractivity contribution >= 4 is 23.5 Å². The molecule has 0 spiro atoms. The average molecular weight is 317 g/mol. The van der Waals surface area contributed by atoms with Crippen LogP contribution >= 0.6 is 11.6 Å². The van der Waals surface area contributed by atoms with Gasteiger partial charge in [-0.15, -0.1) is 0 Å². The second kappa shape index (κ2) is 6.93. The molecule has 1 aromatic heterocycles. The Kier molecular flexibility index (Phi) is 5.78. The summed E-state index contributed by atoms with van der Waals surface area (Å²) in [4.78, 5) is 24.4. The van der Waals surface area contributed by atoms with Gasteiger partial charge in [-0.25, -0.2) is 0 Å². The summed E-state index contributed by atoms with van der Waals surface area (Å²) in [6, 6.07) is 0. The minimum absolute atomic E-state index is 0.0865. The third kappa shape index (κ3) is 3.56. The highest BCUT2D eigenvalue weighted by atomic mass is 35.5. The molecule has 1 heterocycles. The number of esters is 2. The second-order valence-electron chi connectivity index (χ2n) is 4.93. The van der Waals surface area contributed by atoms with Gasteiger partial charge in [0.2, 0.25) is 0 Å². The van der Waals surface area contributed by atoms with E-state index in [-0.39, 0.29) is 19.6 Å². The molecule has 0 saturated heterocycles. The van der Waals surface area contributed by atoms with Crippen molar-refractivity contribution in [3.05, 3.63) is 16.4 Å². The fourth-order valence-corrected chi connectivity index (χ4v) is 2.28. The molecule has 0 aromatic carbocycles. The lowest BCUT2D eigenvalue weighted by atomic mass is 9.83. The van der Waals surface area contributed by atoms with Gasteiger partial charge in [0.05, 0.1) is 18.9 Å². The highest BCUT2D eigenvalue weighted by Crippen LogP contribution is 2.31. The molecular formula is C14H21ClN2O4. The molecule has 1 aromatic rings. The maximum absolute atomic E-state index is 12.2. The van der Waals surface area contributed by atoms with E-state index in [2.05, 4.69) is 5.10 Å². The quantitative estimate of drug-likeness (QED) is 0.593. The predicted octanol–water partition coefficient (Wildman–Crippen LogP) is 2.06. The van der Waals surface area contributed by atoms with E-state index < -0.39 is 17.4 Å². The molecule has 0 radical (unpaired) electrons. The standard InChI is InChI=1S/C14H21ClN2O4/c1-6-20-12(18)14(4,13(19)21-7-2)8-10-9(3)16-17(5)11(10)15/h6-8H2,1-5H3. The number of aromatic nitrogens is 2. The summed E-state index contributed by atoms with van der Waals surface area (Å²) in [7, 11) is 1.70. The molecule has 21 heavy (non-hydrogen) atoms. The first-order valence-corrected chi connectivity index (χ1v) is 7.18. The van der Waals surface area contributed by atoms with Crippen LogP contribution in [0.1, 0.15) is 32.0 Å². The van der Waals surface area contributed by atoms with E-state index in [0.29, 0.717) is 16.4 Å². The summed E-state index contributed by atoms with van der Waals surface area (Å²) in [5.74, 6) is -1.24. The maximum Gasteiger partial charge on any atom is 0.323 e. The summed E-state index contributed by atoms with van der Waals surface area (Å²) >= 11 is 6.18. The molecular weight excluding hydrogens is 296 g/mol. The Hall–Kier alpha value is -1.56. The van der Waals surface area contributed by atoms with Crippen LogP contribution in [-0.4, -0.2) is 34.9 Å². The van der Waals surface area contributed by atoms with Crippen molar-refractivity contribution in [2.45, 2.75) is 34.1 Å². The number of rotatable bonds is 6. The van der Waals surface area contributed by atoms with Crippen molar-refractivity contribution in [1.82, 2.24) is 9.78 Å². The number of carbonyl (C=O) groups excluding carboxylic acids is 2. The fraction of sp³-hybridized carbons (Fsp3) is 0.643. The van der Waals surface area contributed by atoms with E-state index in [1.165, 1.54) is 11.6 Å². The van der Waals surface area contributed by atoms with Crippen molar-refractivity contribution in [3.63, 3.8) is 0 Å². The smallest absolute Gasteiger partial charge is 0.323 e. The minimum atomic E-state index is -1.44. The van der Waals surface area contributed by atoms with E-state index in [4.69, 9.17) is 21.1 Å². The molecule has 7 heteroatoms. The van der Waals surface area contributed by atoms with Crippen LogP contribution in [0.25, 0.3) is 0 Å². The lowest BCUT2D eigenvalue weighted by Gasteiger charge is -2.24. The monoisotopic (exact) mass is 316 g/mol. The van der Waals surface area contributed by atoms with Gasteiger partial charge in [0.1, 0.15) is 5.15 Å². The number of nitrogens with zero attached hydrogens (tertiary/aromatic N) is 2. The summed E-state index contributed by atoms with van der Waals surface area (Å²) in [5.41, 5.74) is -0.131. The summed E-state index contributed by atoms with van der Waals surface area (Å²) < 4.78 is 11.5. The van der Waals surface area contributed by atoms with Crippen LogP contribution in [0.5, 0.6) is 0 Å². The lowest BCUT2D eigenvalue weighted by molar-refractivity contribution is -0.170. The number of halogens is 1. The Morgan fingerprint density at radius 3 is 2.05 bits per heavy atom. The Morgan fingerprint density at radius 1 is 1.24 bits per heavy atom. The van der Waals surface area contributed by atoms with Crippen molar-refractivity contribution < 1.29 is 19.1 Å². The fourth-order valence-electron chi connectivity index (χ4n) is 2.04. The van der Waals surface area contributed by atoms with Crippen LogP contribution in [0, 0.1) is 12.3 Å². The van der Waals surface area contributed by atoms with E-state index in [1.54, 1.807) is 27.8 Å². The third-order valence-electron chi connectivity index (χ3n) is 3.25. The Labute approximate surface area is 129 Å². The molecule has 0 bridgehead atoms. The molecule has 0 unspecified atom stereocenters. The zero-order chi connectivity index (χ0) is 16.2. The number of hydrogen-bond donors (Lipinski definition) is 0. The van der Waals surface area contributed by atoms with Gasteiger partial charge in [0.25, 0.3) is 0 Å². The first-order chi connectivity index (χ1) is 9.77. The van der Waals surface area contributed by atoms with Crippen LogP contribution < -0.4 is 0 Å². The van der Waals surface area contributed by atoms with Gasteiger partial charge in [-0.3, -0.25) is 14.3 Å². The van der Waals surface area contributed by atoms with E-state index in [9.17, 15) is 9.59 Å². The number of aryl methyl sites for hydroxylation is 2. The molecule has 0 aliphatic carbocycles. The van der Waals surface area contributed by atoms with E-state index in [0.717, 1.165) is 0 Å². The molecule has 0 amide bonds. The highest BCUT2D eigenvalue weighted by molar-refractivity contribution is 6.30. The Balaban J connectivity index is 3.19. The minimum Gasteiger partial charge on any atom is -0.465 e. The number of hydrogen-bond acceptors (Lipinski definition) is 5. The van der Waals surface area contributed by atoms with Crippen molar-refractivity contribution in [2.75, 3.05) is 13.2 Å². The highest BCUT2D eigenvalue weighted by Gasteiger charge is 2.45. The van der Waals surface area contributed by atoms with Gasteiger partial charge in [-0.2, -0.15) is 5.10 Å². The van der Waals surface area contributed by atoms with Crippen LogP contribution in [0.4, 0.5) is 0 Å². The molecule has 6 nitrogen and oxygen atoms in total. The first kappa shape index (κ1) is 17.5. The first-order valence-electron chi connectivity index (χ1n) is 6.80. The van der Waals surface area contributed by atoms with E-state index in [1.807, 2.05) is 0 Å². The molecule has 0 N–H and O–H groups in total. The van der Waals surface area contributed by atoms with Crippen molar-refractivity contribution in [3.8, 4) is 0 Å². The lowest BCUT2D eigenvalue weighted by Crippen LogP contribution is -2.41. The second-order valence-corrected chi connectivity index (χ2v) is 5.29. The third-order valence-corrected chi connectivity index (χ3v) is 3.72. The van der Waals surface area contributed by atoms with E-state index >= 15 is 0 Å². The molecule has 1 rings (SSSR count). The topological polar surface area (TPSA) is 70.4 Å². The summed E-state index contributed by atoms with van der Waals surface area (Å²) in [6.45, 7) is 7.03. The number of ether oxygens (including phenoxy) is 2. The van der Waals surface area contributed by atoms with Gasteiger partial charge < -0.3 is 9.47 Å². The van der Waals surface area contributed by atoms with Crippen LogP contribution in [0.15, 0.2) is 0 Å². The van der Waals surface area contributed by atoms with Crippen LogP contribution in [0.3, 0.4) is 0 Å². The summed E-state index contributed by atoms with van der Waals surface area (Å²) in [5, 5.41) is 4.58. The van der Waals surface area contributed by atoms with Gasteiger partial charge in [-0.1, -0.05) is 11.6 Å². The zero-order valence-corrected chi connectivity index (χ0v) is 13.8. The normalized spacial score (nSPS) is 11.3. The summed E-state index contributed by atoms with van der Waals surface area (Å²) in [6.07, 6.45) is 0.0865. The average Bonchev–Trinajstić information content (AvgIpc) is 2.65. The maximum atomic E-state index is 12.2. The van der Waals surface area contributed by atoms with Crippen molar-refractivity contribution in [2.24, 2.45) is 12.5 Å². The predicted molar refractivity (Wildman–Crippen MR) is 78.0 cm³/mol. The number of carbonyl (C=O) groups is 2. The molecule has 0 atom stereocenters. The van der Waals surface area contributed by atoms with Gasteiger partial charge in [-0.05, 0) is 27.7 Å². The molecule has 0 aliphatic heterocycles. The van der Waals surface area contributed by atoms with Gasteiger partial charge >= 0.3 is 11.9 Å². The molecule has 0 fully saturated rings. The molecule has 118 valence electrons. The largest absolute Gasteiger partial charge is 0.465 e. The SMILES string of the molecule is CCOC(=O)C(C)(Cc1c(C)nn(C)c1Cl)C(=O)OCC. The van der Waals surface area contributed by atoms with Gasteiger partial charge in [0.15, 0.2) is 5.41 Å². The van der Waals surface area contributed by atoms with Crippen molar-refractivity contribution in [1.29, 1.82) is 0 Å². The van der Waals surface area contributed by atoms with Crippen LogP contribution in [0.2, 0.25) is 5.15 Å². The zero-order valence-electron chi connectivity index (χ0n) is 13.0. The molecule has 0 aliphatic rings. The Bertz CT molecular complexity index is 521.